The minimum atomic E-state index is 0.725. The molecule has 0 amide bonds. The highest BCUT2D eigenvalue weighted by molar-refractivity contribution is 4.75. The average molecular weight is 196 g/mol. The fourth-order valence-electron chi connectivity index (χ4n) is 2.29. The average Bonchev–Trinajstić information content (AvgIpc) is 2.96. The van der Waals surface area contributed by atoms with E-state index in [-0.39, 0.29) is 0 Å². The summed E-state index contributed by atoms with van der Waals surface area (Å²) in [6.07, 6.45) is 7.26. The zero-order valence-electron chi connectivity index (χ0n) is 9.47. The highest BCUT2D eigenvalue weighted by atomic mass is 15.2. The van der Waals surface area contributed by atoms with Crippen LogP contribution >= 0.6 is 0 Å². The molecule has 0 aromatic heterocycles. The Labute approximate surface area is 88.1 Å². The summed E-state index contributed by atoms with van der Waals surface area (Å²) >= 11 is 0. The van der Waals surface area contributed by atoms with Crippen molar-refractivity contribution in [3.05, 3.63) is 0 Å². The summed E-state index contributed by atoms with van der Waals surface area (Å²) in [6.45, 7) is 7.39. The van der Waals surface area contributed by atoms with Crippen molar-refractivity contribution in [3.63, 3.8) is 0 Å². The first-order valence-electron chi connectivity index (χ1n) is 6.30. The first-order valence-corrected chi connectivity index (χ1v) is 6.30. The second-order valence-electron chi connectivity index (χ2n) is 5.07. The van der Waals surface area contributed by atoms with Crippen LogP contribution in [0.25, 0.3) is 0 Å². The number of nitrogens with one attached hydrogen (secondary N) is 1. The maximum absolute atomic E-state index is 3.54. The van der Waals surface area contributed by atoms with Crippen LogP contribution in [0, 0.1) is 5.92 Å². The Morgan fingerprint density at radius 2 is 2.07 bits per heavy atom. The van der Waals surface area contributed by atoms with E-state index in [1.165, 1.54) is 58.3 Å². The van der Waals surface area contributed by atoms with Gasteiger partial charge in [-0.25, -0.2) is 0 Å². The summed E-state index contributed by atoms with van der Waals surface area (Å²) in [4.78, 5) is 2.64. The maximum Gasteiger partial charge on any atom is 0.0107 e. The Kier molecular flexibility index (Phi) is 3.82. The van der Waals surface area contributed by atoms with Gasteiger partial charge in [-0.15, -0.1) is 0 Å². The van der Waals surface area contributed by atoms with Gasteiger partial charge >= 0.3 is 0 Å². The number of hydrogen-bond donors (Lipinski definition) is 1. The fraction of sp³-hybridized carbons (Fsp3) is 1.00. The fourth-order valence-corrected chi connectivity index (χ4v) is 2.29. The molecule has 1 heterocycles. The van der Waals surface area contributed by atoms with Crippen LogP contribution < -0.4 is 5.32 Å². The molecule has 2 fully saturated rings. The van der Waals surface area contributed by atoms with Crippen LogP contribution in [0.5, 0.6) is 0 Å². The van der Waals surface area contributed by atoms with Crippen LogP contribution in [-0.2, 0) is 0 Å². The molecular weight excluding hydrogens is 172 g/mol. The Bertz CT molecular complexity index is 166. The molecule has 2 heteroatoms. The molecule has 1 unspecified atom stereocenters. The van der Waals surface area contributed by atoms with E-state index in [4.69, 9.17) is 0 Å². The quantitative estimate of drug-likeness (QED) is 0.738. The zero-order valence-corrected chi connectivity index (χ0v) is 9.47. The van der Waals surface area contributed by atoms with Crippen LogP contribution in [-0.4, -0.2) is 37.1 Å². The molecule has 1 atom stereocenters. The van der Waals surface area contributed by atoms with Crippen molar-refractivity contribution in [2.24, 2.45) is 5.92 Å². The molecule has 1 saturated carbocycles. The number of rotatable bonds is 4. The molecule has 2 nitrogen and oxygen atoms in total. The van der Waals surface area contributed by atoms with Crippen LogP contribution in [0.3, 0.4) is 0 Å². The van der Waals surface area contributed by atoms with E-state index in [0.717, 1.165) is 12.0 Å². The van der Waals surface area contributed by atoms with Crippen molar-refractivity contribution in [1.29, 1.82) is 0 Å². The molecule has 1 N–H and O–H groups in total. The summed E-state index contributed by atoms with van der Waals surface area (Å²) < 4.78 is 0. The molecule has 2 aliphatic rings. The van der Waals surface area contributed by atoms with Crippen LogP contribution in [0.2, 0.25) is 0 Å². The van der Waals surface area contributed by atoms with Gasteiger partial charge in [0, 0.05) is 19.1 Å². The summed E-state index contributed by atoms with van der Waals surface area (Å²) in [6, 6.07) is 0.725. The Morgan fingerprint density at radius 1 is 1.21 bits per heavy atom. The highest BCUT2D eigenvalue weighted by Crippen LogP contribution is 2.33. The van der Waals surface area contributed by atoms with Crippen molar-refractivity contribution < 1.29 is 0 Å². The van der Waals surface area contributed by atoms with E-state index in [2.05, 4.69) is 17.1 Å². The molecule has 14 heavy (non-hydrogen) atoms. The van der Waals surface area contributed by atoms with Gasteiger partial charge in [-0.1, -0.05) is 12.8 Å². The third-order valence-electron chi connectivity index (χ3n) is 3.58. The van der Waals surface area contributed by atoms with Crippen LogP contribution in [0.1, 0.15) is 39.0 Å². The summed E-state index contributed by atoms with van der Waals surface area (Å²) in [5, 5.41) is 3.54. The first kappa shape index (κ1) is 10.4. The van der Waals surface area contributed by atoms with Crippen LogP contribution in [0.15, 0.2) is 0 Å². The van der Waals surface area contributed by atoms with Crippen molar-refractivity contribution >= 4 is 0 Å². The van der Waals surface area contributed by atoms with E-state index in [1.54, 1.807) is 0 Å². The van der Waals surface area contributed by atoms with E-state index in [9.17, 15) is 0 Å². The summed E-state index contributed by atoms with van der Waals surface area (Å²) in [5.41, 5.74) is 0. The van der Waals surface area contributed by atoms with Crippen molar-refractivity contribution in [2.75, 3.05) is 26.2 Å². The van der Waals surface area contributed by atoms with Gasteiger partial charge in [0.1, 0.15) is 0 Å². The number of nitrogens with zero attached hydrogens (tertiary/aromatic N) is 1. The van der Waals surface area contributed by atoms with Gasteiger partial charge in [0.25, 0.3) is 0 Å². The third-order valence-corrected chi connectivity index (χ3v) is 3.58. The molecule has 1 aliphatic heterocycles. The SMILES string of the molecule is CC1CCN(CCCC2CC2)CCN1. The third kappa shape index (κ3) is 3.58. The number of hydrogen-bond acceptors (Lipinski definition) is 2. The predicted octanol–water partition coefficient (Wildman–Crippen LogP) is 1.86. The molecule has 1 saturated heterocycles. The molecule has 1 aliphatic carbocycles. The monoisotopic (exact) mass is 196 g/mol. The van der Waals surface area contributed by atoms with E-state index in [0.29, 0.717) is 0 Å². The smallest absolute Gasteiger partial charge is 0.0107 e. The zero-order chi connectivity index (χ0) is 9.80. The topological polar surface area (TPSA) is 15.3 Å². The molecule has 0 spiro atoms. The Morgan fingerprint density at radius 3 is 2.86 bits per heavy atom. The van der Waals surface area contributed by atoms with Gasteiger partial charge in [0.05, 0.1) is 0 Å². The van der Waals surface area contributed by atoms with E-state index < -0.39 is 0 Å². The molecule has 0 radical (unpaired) electrons. The molecule has 82 valence electrons. The summed E-state index contributed by atoms with van der Waals surface area (Å²) in [7, 11) is 0. The standard InChI is InChI=1S/C12H24N2/c1-11-6-9-14(10-7-13-11)8-2-3-12-4-5-12/h11-13H,2-10H2,1H3. The van der Waals surface area contributed by atoms with Crippen molar-refractivity contribution in [2.45, 2.75) is 45.1 Å². The van der Waals surface area contributed by atoms with Crippen molar-refractivity contribution in [3.8, 4) is 0 Å². The lowest BCUT2D eigenvalue weighted by Crippen LogP contribution is -2.29. The van der Waals surface area contributed by atoms with Gasteiger partial charge in [0.15, 0.2) is 0 Å². The largest absolute Gasteiger partial charge is 0.313 e. The lowest BCUT2D eigenvalue weighted by atomic mass is 10.2. The lowest BCUT2D eigenvalue weighted by molar-refractivity contribution is 0.282. The highest BCUT2D eigenvalue weighted by Gasteiger charge is 2.21. The second-order valence-corrected chi connectivity index (χ2v) is 5.07. The van der Waals surface area contributed by atoms with Gasteiger partial charge in [-0.2, -0.15) is 0 Å². The van der Waals surface area contributed by atoms with E-state index >= 15 is 0 Å². The maximum atomic E-state index is 3.54. The lowest BCUT2D eigenvalue weighted by Gasteiger charge is -2.19. The van der Waals surface area contributed by atoms with Gasteiger partial charge in [-0.05, 0) is 45.2 Å². The van der Waals surface area contributed by atoms with E-state index in [1.807, 2.05) is 0 Å². The van der Waals surface area contributed by atoms with Gasteiger partial charge in [-0.3, -0.25) is 0 Å². The normalized spacial score (nSPS) is 30.2. The summed E-state index contributed by atoms with van der Waals surface area (Å²) in [5.74, 6) is 1.11. The van der Waals surface area contributed by atoms with Crippen molar-refractivity contribution in [1.82, 2.24) is 10.2 Å². The second kappa shape index (κ2) is 5.13. The minimum absolute atomic E-state index is 0.725. The molecular formula is C12H24N2. The van der Waals surface area contributed by atoms with Gasteiger partial charge < -0.3 is 10.2 Å². The Hall–Kier alpha value is -0.0800. The molecule has 2 rings (SSSR count). The Balaban J connectivity index is 1.58. The molecule has 0 aromatic carbocycles. The molecule has 0 aromatic rings. The predicted molar refractivity (Wildman–Crippen MR) is 60.5 cm³/mol. The van der Waals surface area contributed by atoms with Crippen LogP contribution in [0.4, 0.5) is 0 Å². The van der Waals surface area contributed by atoms with Gasteiger partial charge in [0.2, 0.25) is 0 Å². The molecule has 0 bridgehead atoms. The minimum Gasteiger partial charge on any atom is -0.313 e. The first-order chi connectivity index (χ1) is 6.84.